The standard InChI is InChI=1S/C13H17NO3S/c15-12(5-2-6-13(16)17)14-10-3-1-4-11-9(10)7-8-18-11/h7-8,10H,1-6H2,(H,14,15)(H,16,17). The lowest BCUT2D eigenvalue weighted by Gasteiger charge is -2.23. The van der Waals surface area contributed by atoms with Crippen molar-refractivity contribution in [1.82, 2.24) is 5.32 Å². The van der Waals surface area contributed by atoms with Gasteiger partial charge in [-0.05, 0) is 42.7 Å². The van der Waals surface area contributed by atoms with Gasteiger partial charge in [0.05, 0.1) is 6.04 Å². The van der Waals surface area contributed by atoms with Crippen molar-refractivity contribution in [3.8, 4) is 0 Å². The molecule has 0 radical (unpaired) electrons. The Labute approximate surface area is 110 Å². The maximum Gasteiger partial charge on any atom is 0.303 e. The highest BCUT2D eigenvalue weighted by molar-refractivity contribution is 7.10. The highest BCUT2D eigenvalue weighted by Gasteiger charge is 2.22. The number of carboxylic acid groups (broad SMARTS) is 1. The third-order valence-electron chi connectivity index (χ3n) is 3.18. The Bertz CT molecular complexity index is 441. The van der Waals surface area contributed by atoms with Crippen molar-refractivity contribution in [2.45, 2.75) is 44.6 Å². The molecule has 1 amide bonds. The summed E-state index contributed by atoms with van der Waals surface area (Å²) in [7, 11) is 0. The van der Waals surface area contributed by atoms with Crippen LogP contribution in [0.2, 0.25) is 0 Å². The van der Waals surface area contributed by atoms with E-state index in [0.717, 1.165) is 19.3 Å². The largest absolute Gasteiger partial charge is 0.481 e. The lowest BCUT2D eigenvalue weighted by Crippen LogP contribution is -2.30. The van der Waals surface area contributed by atoms with Crippen LogP contribution in [0.5, 0.6) is 0 Å². The SMILES string of the molecule is O=C(O)CCCC(=O)NC1CCCc2sccc21. The predicted octanol–water partition coefficient (Wildman–Crippen LogP) is 2.50. The number of nitrogens with one attached hydrogen (secondary N) is 1. The van der Waals surface area contributed by atoms with E-state index >= 15 is 0 Å². The van der Waals surface area contributed by atoms with Gasteiger partial charge in [0.2, 0.25) is 5.91 Å². The van der Waals surface area contributed by atoms with Gasteiger partial charge in [0.15, 0.2) is 0 Å². The number of carbonyl (C=O) groups is 2. The van der Waals surface area contributed by atoms with Crippen LogP contribution in [0.15, 0.2) is 11.4 Å². The maximum atomic E-state index is 11.7. The average Bonchev–Trinajstić information content (AvgIpc) is 2.77. The Morgan fingerprint density at radius 2 is 2.28 bits per heavy atom. The zero-order chi connectivity index (χ0) is 13.0. The molecule has 1 aromatic rings. The van der Waals surface area contributed by atoms with E-state index in [1.807, 2.05) is 0 Å². The van der Waals surface area contributed by atoms with Crippen LogP contribution in [0.3, 0.4) is 0 Å². The third kappa shape index (κ3) is 3.32. The van der Waals surface area contributed by atoms with E-state index in [4.69, 9.17) is 5.11 Å². The summed E-state index contributed by atoms with van der Waals surface area (Å²) in [5.41, 5.74) is 1.25. The molecule has 2 N–H and O–H groups in total. The van der Waals surface area contributed by atoms with E-state index < -0.39 is 5.97 Å². The highest BCUT2D eigenvalue weighted by atomic mass is 32.1. The molecule has 0 aromatic carbocycles. The zero-order valence-corrected chi connectivity index (χ0v) is 11.0. The van der Waals surface area contributed by atoms with Gasteiger partial charge >= 0.3 is 5.97 Å². The Morgan fingerprint density at radius 1 is 1.44 bits per heavy atom. The number of carboxylic acids is 1. The Morgan fingerprint density at radius 3 is 3.06 bits per heavy atom. The number of thiophene rings is 1. The van der Waals surface area contributed by atoms with Crippen molar-refractivity contribution >= 4 is 23.2 Å². The fourth-order valence-corrected chi connectivity index (χ4v) is 3.29. The Balaban J connectivity index is 1.84. The quantitative estimate of drug-likeness (QED) is 0.861. The third-order valence-corrected chi connectivity index (χ3v) is 4.18. The molecule has 1 atom stereocenters. The summed E-state index contributed by atoms with van der Waals surface area (Å²) in [4.78, 5) is 23.5. The first-order valence-electron chi connectivity index (χ1n) is 6.24. The molecule has 0 saturated heterocycles. The lowest BCUT2D eigenvalue weighted by molar-refractivity contribution is -0.137. The number of hydrogen-bond donors (Lipinski definition) is 2. The van der Waals surface area contributed by atoms with Crippen molar-refractivity contribution in [3.05, 3.63) is 21.9 Å². The molecule has 0 aliphatic heterocycles. The number of carbonyl (C=O) groups excluding carboxylic acids is 1. The number of aliphatic carboxylic acids is 1. The predicted molar refractivity (Wildman–Crippen MR) is 69.6 cm³/mol. The molecule has 0 fully saturated rings. The molecule has 0 saturated carbocycles. The van der Waals surface area contributed by atoms with E-state index in [0.29, 0.717) is 12.8 Å². The molecule has 1 aliphatic rings. The van der Waals surface area contributed by atoms with Crippen LogP contribution in [0, 0.1) is 0 Å². The number of rotatable bonds is 5. The topological polar surface area (TPSA) is 66.4 Å². The van der Waals surface area contributed by atoms with Crippen LogP contribution in [0.4, 0.5) is 0 Å². The van der Waals surface area contributed by atoms with E-state index in [2.05, 4.69) is 16.8 Å². The first kappa shape index (κ1) is 13.1. The molecule has 18 heavy (non-hydrogen) atoms. The second kappa shape index (κ2) is 6.00. The summed E-state index contributed by atoms with van der Waals surface area (Å²) in [5.74, 6) is -0.888. The summed E-state index contributed by atoms with van der Waals surface area (Å²) in [6.45, 7) is 0. The fourth-order valence-electron chi connectivity index (χ4n) is 2.30. The second-order valence-corrected chi connectivity index (χ2v) is 5.56. The first-order valence-corrected chi connectivity index (χ1v) is 7.12. The molecule has 5 heteroatoms. The maximum absolute atomic E-state index is 11.7. The average molecular weight is 267 g/mol. The van der Waals surface area contributed by atoms with Crippen molar-refractivity contribution in [1.29, 1.82) is 0 Å². The highest BCUT2D eigenvalue weighted by Crippen LogP contribution is 2.33. The summed E-state index contributed by atoms with van der Waals surface area (Å²) in [6.07, 6.45) is 3.95. The van der Waals surface area contributed by atoms with Gasteiger partial charge in [-0.3, -0.25) is 9.59 Å². The number of fused-ring (bicyclic) bond motifs is 1. The zero-order valence-electron chi connectivity index (χ0n) is 10.1. The van der Waals surface area contributed by atoms with Crippen LogP contribution in [0.1, 0.15) is 48.6 Å². The number of aryl methyl sites for hydroxylation is 1. The van der Waals surface area contributed by atoms with Crippen LogP contribution in [0.25, 0.3) is 0 Å². The van der Waals surface area contributed by atoms with Gasteiger partial charge in [0, 0.05) is 17.7 Å². The van der Waals surface area contributed by atoms with Gasteiger partial charge in [-0.25, -0.2) is 0 Å². The normalized spacial score (nSPS) is 18.1. The van der Waals surface area contributed by atoms with Gasteiger partial charge in [0.1, 0.15) is 0 Å². The summed E-state index contributed by atoms with van der Waals surface area (Å²) >= 11 is 1.75. The van der Waals surface area contributed by atoms with E-state index in [1.54, 1.807) is 11.3 Å². The van der Waals surface area contributed by atoms with Crippen molar-refractivity contribution in [2.75, 3.05) is 0 Å². The van der Waals surface area contributed by atoms with Crippen molar-refractivity contribution in [3.63, 3.8) is 0 Å². The van der Waals surface area contributed by atoms with E-state index in [9.17, 15) is 9.59 Å². The molecule has 2 rings (SSSR count). The van der Waals surface area contributed by atoms with Gasteiger partial charge in [0.25, 0.3) is 0 Å². The molecule has 98 valence electrons. The minimum absolute atomic E-state index is 0.0414. The van der Waals surface area contributed by atoms with Gasteiger partial charge in [-0.2, -0.15) is 0 Å². The van der Waals surface area contributed by atoms with Crippen molar-refractivity contribution < 1.29 is 14.7 Å². The van der Waals surface area contributed by atoms with Crippen LogP contribution in [-0.2, 0) is 16.0 Å². The van der Waals surface area contributed by atoms with Gasteiger partial charge in [-0.15, -0.1) is 11.3 Å². The molecule has 4 nitrogen and oxygen atoms in total. The summed E-state index contributed by atoms with van der Waals surface area (Å²) in [5, 5.41) is 13.6. The van der Waals surface area contributed by atoms with Gasteiger partial charge in [-0.1, -0.05) is 0 Å². The minimum Gasteiger partial charge on any atom is -0.481 e. The second-order valence-electron chi connectivity index (χ2n) is 4.56. The van der Waals surface area contributed by atoms with E-state index in [1.165, 1.54) is 10.4 Å². The molecule has 1 aromatic heterocycles. The number of amides is 1. The monoisotopic (exact) mass is 267 g/mol. The minimum atomic E-state index is -0.847. The molecule has 1 heterocycles. The van der Waals surface area contributed by atoms with E-state index in [-0.39, 0.29) is 18.4 Å². The van der Waals surface area contributed by atoms with Crippen molar-refractivity contribution in [2.24, 2.45) is 0 Å². The fraction of sp³-hybridized carbons (Fsp3) is 0.538. The molecule has 1 unspecified atom stereocenters. The summed E-state index contributed by atoms with van der Waals surface area (Å²) < 4.78 is 0. The smallest absolute Gasteiger partial charge is 0.303 e. The Hall–Kier alpha value is -1.36. The first-order chi connectivity index (χ1) is 8.66. The molecular formula is C13H17NO3S. The molecule has 0 spiro atoms. The van der Waals surface area contributed by atoms with Crippen LogP contribution >= 0.6 is 11.3 Å². The molecule has 1 aliphatic carbocycles. The summed E-state index contributed by atoms with van der Waals surface area (Å²) in [6, 6.07) is 2.21. The lowest BCUT2D eigenvalue weighted by atomic mass is 9.94. The van der Waals surface area contributed by atoms with Gasteiger partial charge < -0.3 is 10.4 Å². The number of hydrogen-bond acceptors (Lipinski definition) is 3. The van der Waals surface area contributed by atoms with Crippen LogP contribution in [-0.4, -0.2) is 17.0 Å². The molecule has 0 bridgehead atoms. The van der Waals surface area contributed by atoms with Crippen LogP contribution < -0.4 is 5.32 Å². The Kier molecular flexibility index (Phi) is 4.36. The molecular weight excluding hydrogens is 250 g/mol.